The molecule has 3 nitrogen and oxygen atoms in total. The van der Waals surface area contributed by atoms with Gasteiger partial charge in [-0.2, -0.15) is 0 Å². The molecule has 0 bridgehead atoms. The summed E-state index contributed by atoms with van der Waals surface area (Å²) in [5.41, 5.74) is 5.48. The second-order valence-electron chi connectivity index (χ2n) is 5.17. The number of ether oxygens (including phenoxy) is 1. The molecule has 0 aliphatic carbocycles. The molecule has 0 aromatic heterocycles. The van der Waals surface area contributed by atoms with Gasteiger partial charge < -0.3 is 10.5 Å². The van der Waals surface area contributed by atoms with Crippen LogP contribution in [0.15, 0.2) is 35.2 Å². The Morgan fingerprint density at radius 1 is 1.33 bits per heavy atom. The van der Waals surface area contributed by atoms with Gasteiger partial charge in [-0.25, -0.2) is 0 Å². The fourth-order valence-electron chi connectivity index (χ4n) is 1.38. The summed E-state index contributed by atoms with van der Waals surface area (Å²) in [6.07, 6.45) is 0.261. The highest BCUT2D eigenvalue weighted by atomic mass is 32.2. The lowest BCUT2D eigenvalue weighted by Crippen LogP contribution is -2.31. The standard InChI is InChI=1S/C14H21NO2S/c1-14(2,3)17-13(16)9-11(15)10-18-12-7-5-4-6-8-12/h4-8,11H,9-10,15H2,1-3H3/t11-/m0/s1. The van der Waals surface area contributed by atoms with Gasteiger partial charge in [0, 0.05) is 16.7 Å². The lowest BCUT2D eigenvalue weighted by atomic mass is 10.2. The smallest absolute Gasteiger partial charge is 0.307 e. The number of hydrogen-bond acceptors (Lipinski definition) is 4. The van der Waals surface area contributed by atoms with Crippen molar-refractivity contribution in [3.05, 3.63) is 30.3 Å². The molecule has 0 spiro atoms. The van der Waals surface area contributed by atoms with Crippen LogP contribution in [0.4, 0.5) is 0 Å². The second-order valence-corrected chi connectivity index (χ2v) is 6.27. The van der Waals surface area contributed by atoms with Crippen molar-refractivity contribution < 1.29 is 9.53 Å². The molecule has 0 unspecified atom stereocenters. The number of hydrogen-bond donors (Lipinski definition) is 1. The highest BCUT2D eigenvalue weighted by molar-refractivity contribution is 7.99. The van der Waals surface area contributed by atoms with Gasteiger partial charge in [-0.3, -0.25) is 4.79 Å². The Morgan fingerprint density at radius 3 is 2.50 bits per heavy atom. The molecule has 0 aliphatic rings. The lowest BCUT2D eigenvalue weighted by Gasteiger charge is -2.20. The van der Waals surface area contributed by atoms with Gasteiger partial charge >= 0.3 is 5.97 Å². The number of benzene rings is 1. The summed E-state index contributed by atoms with van der Waals surface area (Å²) in [6.45, 7) is 5.57. The first kappa shape index (κ1) is 15.1. The largest absolute Gasteiger partial charge is 0.460 e. The monoisotopic (exact) mass is 267 g/mol. The summed E-state index contributed by atoms with van der Waals surface area (Å²) in [5.74, 6) is 0.479. The Labute approximate surface area is 113 Å². The molecule has 0 heterocycles. The van der Waals surface area contributed by atoms with Crippen LogP contribution < -0.4 is 5.73 Å². The maximum Gasteiger partial charge on any atom is 0.307 e. The quantitative estimate of drug-likeness (QED) is 0.658. The molecule has 100 valence electrons. The highest BCUT2D eigenvalue weighted by Crippen LogP contribution is 2.18. The van der Waals surface area contributed by atoms with Crippen molar-refractivity contribution in [3.8, 4) is 0 Å². The third kappa shape index (κ3) is 6.67. The molecule has 18 heavy (non-hydrogen) atoms. The van der Waals surface area contributed by atoms with E-state index in [0.717, 1.165) is 4.90 Å². The van der Waals surface area contributed by atoms with E-state index in [9.17, 15) is 4.79 Å². The number of rotatable bonds is 5. The highest BCUT2D eigenvalue weighted by Gasteiger charge is 2.18. The van der Waals surface area contributed by atoms with E-state index >= 15 is 0 Å². The minimum atomic E-state index is -0.441. The molecule has 1 atom stereocenters. The Bertz CT molecular complexity index is 373. The van der Waals surface area contributed by atoms with Gasteiger partial charge in [0.1, 0.15) is 5.60 Å². The van der Waals surface area contributed by atoms with Crippen molar-refractivity contribution >= 4 is 17.7 Å². The van der Waals surface area contributed by atoms with Crippen molar-refractivity contribution in [1.29, 1.82) is 0 Å². The van der Waals surface area contributed by atoms with Gasteiger partial charge in [0.05, 0.1) is 6.42 Å². The van der Waals surface area contributed by atoms with Gasteiger partial charge in [0.15, 0.2) is 0 Å². The van der Waals surface area contributed by atoms with Gasteiger partial charge in [0.2, 0.25) is 0 Å². The Kier molecular flexibility index (Phi) is 5.69. The third-order valence-corrected chi connectivity index (χ3v) is 3.26. The predicted molar refractivity (Wildman–Crippen MR) is 75.6 cm³/mol. The summed E-state index contributed by atoms with van der Waals surface area (Å²) in [5, 5.41) is 0. The van der Waals surface area contributed by atoms with Gasteiger partial charge in [-0.05, 0) is 32.9 Å². The summed E-state index contributed by atoms with van der Waals surface area (Å²) < 4.78 is 5.23. The average molecular weight is 267 g/mol. The molecule has 2 N–H and O–H groups in total. The van der Waals surface area contributed by atoms with E-state index in [4.69, 9.17) is 10.5 Å². The topological polar surface area (TPSA) is 52.3 Å². The SMILES string of the molecule is CC(C)(C)OC(=O)C[C@H](N)CSc1ccccc1. The van der Waals surface area contributed by atoms with Gasteiger partial charge in [-0.15, -0.1) is 11.8 Å². The molecule has 1 aromatic carbocycles. The number of carbonyl (C=O) groups is 1. The molecule has 0 radical (unpaired) electrons. The van der Waals surface area contributed by atoms with Crippen LogP contribution >= 0.6 is 11.8 Å². The maximum absolute atomic E-state index is 11.6. The molecule has 0 aliphatic heterocycles. The van der Waals surface area contributed by atoms with Crippen LogP contribution in [-0.4, -0.2) is 23.4 Å². The van der Waals surface area contributed by atoms with Crippen molar-refractivity contribution in [2.45, 2.75) is 43.7 Å². The van der Waals surface area contributed by atoms with E-state index in [-0.39, 0.29) is 18.4 Å². The number of nitrogens with two attached hydrogens (primary N) is 1. The second kappa shape index (κ2) is 6.81. The summed E-state index contributed by atoms with van der Waals surface area (Å²) in [4.78, 5) is 12.7. The fourth-order valence-corrected chi connectivity index (χ4v) is 2.25. The number of thioether (sulfide) groups is 1. The van der Waals surface area contributed by atoms with Gasteiger partial charge in [0.25, 0.3) is 0 Å². The van der Waals surface area contributed by atoms with Gasteiger partial charge in [-0.1, -0.05) is 18.2 Å². The zero-order valence-corrected chi connectivity index (χ0v) is 12.0. The van der Waals surface area contributed by atoms with E-state index in [1.54, 1.807) is 11.8 Å². The van der Waals surface area contributed by atoms with Crippen molar-refractivity contribution in [1.82, 2.24) is 0 Å². The third-order valence-electron chi connectivity index (χ3n) is 2.06. The first-order valence-corrected chi connectivity index (χ1v) is 7.00. The first-order chi connectivity index (χ1) is 8.37. The lowest BCUT2D eigenvalue weighted by molar-refractivity contribution is -0.155. The van der Waals surface area contributed by atoms with Crippen molar-refractivity contribution in [3.63, 3.8) is 0 Å². The molecule has 4 heteroatoms. The first-order valence-electron chi connectivity index (χ1n) is 6.02. The molecule has 1 aromatic rings. The maximum atomic E-state index is 11.6. The number of carbonyl (C=O) groups excluding carboxylic acids is 1. The number of esters is 1. The van der Waals surface area contributed by atoms with E-state index < -0.39 is 5.60 Å². The van der Waals surface area contributed by atoms with Crippen LogP contribution in [0.1, 0.15) is 27.2 Å². The van der Waals surface area contributed by atoms with Crippen LogP contribution in [0.5, 0.6) is 0 Å². The van der Waals surface area contributed by atoms with E-state index in [2.05, 4.69) is 0 Å². The molecular weight excluding hydrogens is 246 g/mol. The van der Waals surface area contributed by atoms with Crippen molar-refractivity contribution in [2.75, 3.05) is 5.75 Å². The summed E-state index contributed by atoms with van der Waals surface area (Å²) >= 11 is 1.66. The molecule has 0 amide bonds. The minimum absolute atomic E-state index is 0.176. The molecular formula is C14H21NO2S. The molecule has 1 rings (SSSR count). The van der Waals surface area contributed by atoms with E-state index in [1.165, 1.54) is 0 Å². The van der Waals surface area contributed by atoms with Crippen LogP contribution in [0.25, 0.3) is 0 Å². The van der Waals surface area contributed by atoms with Crippen LogP contribution in [-0.2, 0) is 9.53 Å². The Hall–Kier alpha value is -1.00. The van der Waals surface area contributed by atoms with E-state index in [1.807, 2.05) is 51.1 Å². The predicted octanol–water partition coefficient (Wildman–Crippen LogP) is 2.84. The average Bonchev–Trinajstić information content (AvgIpc) is 2.25. The summed E-state index contributed by atoms with van der Waals surface area (Å²) in [6, 6.07) is 9.84. The zero-order chi connectivity index (χ0) is 13.6. The van der Waals surface area contributed by atoms with Crippen LogP contribution in [0, 0.1) is 0 Å². The molecule has 0 saturated carbocycles. The van der Waals surface area contributed by atoms with Crippen LogP contribution in [0.2, 0.25) is 0 Å². The molecule has 0 saturated heterocycles. The zero-order valence-electron chi connectivity index (χ0n) is 11.2. The minimum Gasteiger partial charge on any atom is -0.460 e. The Morgan fingerprint density at radius 2 is 1.94 bits per heavy atom. The van der Waals surface area contributed by atoms with E-state index in [0.29, 0.717) is 5.75 Å². The van der Waals surface area contributed by atoms with Crippen molar-refractivity contribution in [2.24, 2.45) is 5.73 Å². The summed E-state index contributed by atoms with van der Waals surface area (Å²) in [7, 11) is 0. The molecule has 0 fully saturated rings. The van der Waals surface area contributed by atoms with Crippen LogP contribution in [0.3, 0.4) is 0 Å². The fraction of sp³-hybridized carbons (Fsp3) is 0.500. The Balaban J connectivity index is 2.29. The normalized spacial score (nSPS) is 13.1.